The second-order valence-corrected chi connectivity index (χ2v) is 10.7. The quantitative estimate of drug-likeness (QED) is 0.322. The Bertz CT molecular complexity index is 1290. The maximum absolute atomic E-state index is 13.1. The summed E-state index contributed by atoms with van der Waals surface area (Å²) in [7, 11) is 0. The van der Waals surface area contributed by atoms with Gasteiger partial charge in [0, 0.05) is 29.0 Å². The van der Waals surface area contributed by atoms with E-state index < -0.39 is 0 Å². The van der Waals surface area contributed by atoms with Crippen molar-refractivity contribution in [2.75, 3.05) is 0 Å². The monoisotopic (exact) mass is 478 g/mol. The number of H-pyrrole nitrogens is 1. The molecule has 3 aromatic heterocycles. The van der Waals surface area contributed by atoms with Crippen molar-refractivity contribution >= 4 is 22.2 Å². The Hall–Kier alpha value is -2.84. The lowest BCUT2D eigenvalue weighted by Crippen LogP contribution is -2.36. The average molecular weight is 479 g/mol. The fourth-order valence-corrected chi connectivity index (χ4v) is 5.04. The summed E-state index contributed by atoms with van der Waals surface area (Å²) >= 11 is 1.73. The minimum absolute atomic E-state index is 0.0129. The highest BCUT2D eigenvalue weighted by Gasteiger charge is 2.31. The number of hydrogen-bond donors (Lipinski definition) is 1. The number of nitrogens with one attached hydrogen (secondary N) is 1. The first-order valence-electron chi connectivity index (χ1n) is 12.0. The molecule has 0 amide bonds. The van der Waals surface area contributed by atoms with Crippen LogP contribution in [0.5, 0.6) is 0 Å². The summed E-state index contributed by atoms with van der Waals surface area (Å²) < 4.78 is 1.97. The van der Waals surface area contributed by atoms with E-state index >= 15 is 0 Å². The second kappa shape index (κ2) is 10.2. The van der Waals surface area contributed by atoms with E-state index in [-0.39, 0.29) is 17.1 Å². The van der Waals surface area contributed by atoms with Gasteiger partial charge in [0.25, 0.3) is 5.56 Å². The lowest BCUT2D eigenvalue weighted by Gasteiger charge is -2.33. The number of fused-ring (bicyclic) bond motifs is 1. The molecule has 0 saturated carbocycles. The predicted molar refractivity (Wildman–Crippen MR) is 138 cm³/mol. The van der Waals surface area contributed by atoms with Gasteiger partial charge in [-0.3, -0.25) is 9.69 Å². The summed E-state index contributed by atoms with van der Waals surface area (Å²) in [4.78, 5) is 19.8. The van der Waals surface area contributed by atoms with Crippen LogP contribution in [-0.2, 0) is 18.6 Å². The van der Waals surface area contributed by atoms with E-state index in [9.17, 15) is 4.79 Å². The molecular formula is C26H34N6OS. The molecule has 7 nitrogen and oxygen atoms in total. The number of rotatable bonds is 10. The first-order valence-corrected chi connectivity index (χ1v) is 12.9. The van der Waals surface area contributed by atoms with Crippen molar-refractivity contribution in [1.29, 1.82) is 0 Å². The smallest absolute Gasteiger partial charge is 0.252 e. The van der Waals surface area contributed by atoms with Gasteiger partial charge in [0.05, 0.1) is 11.6 Å². The Kier molecular flexibility index (Phi) is 7.28. The molecule has 0 bridgehead atoms. The molecule has 0 unspecified atom stereocenters. The molecule has 34 heavy (non-hydrogen) atoms. The van der Waals surface area contributed by atoms with E-state index in [4.69, 9.17) is 0 Å². The molecule has 4 aromatic rings. The van der Waals surface area contributed by atoms with Crippen molar-refractivity contribution in [3.05, 3.63) is 74.0 Å². The molecule has 1 N–H and O–H groups in total. The summed E-state index contributed by atoms with van der Waals surface area (Å²) in [6.45, 7) is 11.9. The van der Waals surface area contributed by atoms with Crippen LogP contribution in [0.1, 0.15) is 74.8 Å². The molecule has 4 rings (SSSR count). The van der Waals surface area contributed by atoms with E-state index in [1.807, 2.05) is 23.7 Å². The lowest BCUT2D eigenvalue weighted by molar-refractivity contribution is 0.147. The van der Waals surface area contributed by atoms with E-state index in [1.165, 1.54) is 4.88 Å². The maximum Gasteiger partial charge on any atom is 0.252 e. The first kappa shape index (κ1) is 24.3. The van der Waals surface area contributed by atoms with Gasteiger partial charge in [-0.2, -0.15) is 0 Å². The van der Waals surface area contributed by atoms with Crippen molar-refractivity contribution in [3.8, 4) is 0 Å². The van der Waals surface area contributed by atoms with Crippen LogP contribution in [0.25, 0.3) is 10.9 Å². The molecular weight excluding hydrogens is 444 g/mol. The molecule has 1 atom stereocenters. The van der Waals surface area contributed by atoms with Crippen LogP contribution in [0.3, 0.4) is 0 Å². The van der Waals surface area contributed by atoms with Crippen LogP contribution in [-0.4, -0.2) is 30.1 Å². The third-order valence-electron chi connectivity index (χ3n) is 6.62. The average Bonchev–Trinajstić information content (AvgIpc) is 3.50. The topological polar surface area (TPSA) is 79.7 Å². The summed E-state index contributed by atoms with van der Waals surface area (Å²) in [6.07, 6.45) is 2.80. The van der Waals surface area contributed by atoms with Crippen molar-refractivity contribution < 1.29 is 0 Å². The standard InChI is InChI=1S/C26H34N6OS/c1-6-9-23(24-28-29-30-32(24)26(4,5)7-2)31(17-21-10-8-13-34-21)16-20-15-19-12-11-18(3)14-22(19)27-25(20)33/h8,10-15,23H,6-7,9,16-17H2,1-5H3,(H,27,33)/t23-/m1/s1. The van der Waals surface area contributed by atoms with Crippen LogP contribution in [0.15, 0.2) is 46.6 Å². The Morgan fingerprint density at radius 3 is 2.71 bits per heavy atom. The van der Waals surface area contributed by atoms with E-state index in [1.54, 1.807) is 11.3 Å². The number of aryl methyl sites for hydroxylation is 1. The number of pyridine rings is 1. The van der Waals surface area contributed by atoms with Crippen LogP contribution < -0.4 is 5.56 Å². The fourth-order valence-electron chi connectivity index (χ4n) is 4.31. The molecule has 3 heterocycles. The van der Waals surface area contributed by atoms with Gasteiger partial charge in [0.2, 0.25) is 0 Å². The van der Waals surface area contributed by atoms with Gasteiger partial charge in [0.1, 0.15) is 0 Å². The minimum atomic E-state index is -0.197. The van der Waals surface area contributed by atoms with Gasteiger partial charge in [-0.1, -0.05) is 38.5 Å². The maximum atomic E-state index is 13.1. The Morgan fingerprint density at radius 1 is 1.18 bits per heavy atom. The van der Waals surface area contributed by atoms with Crippen LogP contribution >= 0.6 is 11.3 Å². The molecule has 0 radical (unpaired) electrons. The van der Waals surface area contributed by atoms with Crippen LogP contribution in [0.4, 0.5) is 0 Å². The molecule has 180 valence electrons. The zero-order chi connectivity index (χ0) is 24.3. The van der Waals surface area contributed by atoms with Crippen LogP contribution in [0.2, 0.25) is 0 Å². The number of tetrazole rings is 1. The molecule has 1 aromatic carbocycles. The highest BCUT2D eigenvalue weighted by atomic mass is 32.1. The van der Waals surface area contributed by atoms with Crippen LogP contribution in [0, 0.1) is 6.92 Å². The SMILES string of the molecule is CCC[C@H](c1nnnn1C(C)(C)CC)N(Cc1cccs1)Cc1cc2ccc(C)cc2[nH]c1=O. The van der Waals surface area contributed by atoms with Gasteiger partial charge in [-0.15, -0.1) is 16.4 Å². The molecule has 0 saturated heterocycles. The summed E-state index contributed by atoms with van der Waals surface area (Å²) in [6, 6.07) is 12.4. The number of thiophene rings is 1. The molecule has 0 spiro atoms. The van der Waals surface area contributed by atoms with Gasteiger partial charge >= 0.3 is 0 Å². The Balaban J connectivity index is 1.77. The number of nitrogens with zero attached hydrogens (tertiary/aromatic N) is 5. The lowest BCUT2D eigenvalue weighted by atomic mass is 10.0. The number of aromatic nitrogens is 5. The van der Waals surface area contributed by atoms with Gasteiger partial charge < -0.3 is 4.98 Å². The zero-order valence-electron chi connectivity index (χ0n) is 20.7. The summed E-state index contributed by atoms with van der Waals surface area (Å²) in [5.41, 5.74) is 2.51. The number of hydrogen-bond acceptors (Lipinski definition) is 6. The van der Waals surface area contributed by atoms with Gasteiger partial charge in [-0.05, 0) is 78.6 Å². The van der Waals surface area contributed by atoms with E-state index in [0.717, 1.165) is 53.7 Å². The highest BCUT2D eigenvalue weighted by molar-refractivity contribution is 7.09. The highest BCUT2D eigenvalue weighted by Crippen LogP contribution is 2.31. The minimum Gasteiger partial charge on any atom is -0.322 e. The third kappa shape index (κ3) is 5.13. The molecule has 0 aliphatic rings. The zero-order valence-corrected chi connectivity index (χ0v) is 21.5. The molecule has 0 aliphatic heterocycles. The normalized spacial score (nSPS) is 13.1. The summed E-state index contributed by atoms with van der Waals surface area (Å²) in [5, 5.41) is 16.1. The Labute approximate surface area is 204 Å². The fraction of sp³-hybridized carbons (Fsp3) is 0.462. The second-order valence-electron chi connectivity index (χ2n) is 9.62. The van der Waals surface area contributed by atoms with Crippen molar-refractivity contribution in [2.45, 2.75) is 78.6 Å². The van der Waals surface area contributed by atoms with Crippen molar-refractivity contribution in [2.24, 2.45) is 0 Å². The largest absolute Gasteiger partial charge is 0.322 e. The van der Waals surface area contributed by atoms with E-state index in [0.29, 0.717) is 6.54 Å². The van der Waals surface area contributed by atoms with Gasteiger partial charge in [-0.25, -0.2) is 4.68 Å². The van der Waals surface area contributed by atoms with Crippen molar-refractivity contribution in [3.63, 3.8) is 0 Å². The number of benzene rings is 1. The predicted octanol–water partition coefficient (Wildman–Crippen LogP) is 5.57. The van der Waals surface area contributed by atoms with E-state index in [2.05, 4.69) is 82.7 Å². The Morgan fingerprint density at radius 2 is 2.00 bits per heavy atom. The molecule has 0 aliphatic carbocycles. The molecule has 0 fully saturated rings. The third-order valence-corrected chi connectivity index (χ3v) is 7.49. The van der Waals surface area contributed by atoms with Crippen molar-refractivity contribution in [1.82, 2.24) is 30.1 Å². The summed E-state index contributed by atoms with van der Waals surface area (Å²) in [5.74, 6) is 0.859. The first-order chi connectivity index (χ1) is 16.3. The number of aromatic amines is 1. The van der Waals surface area contributed by atoms with Gasteiger partial charge in [0.15, 0.2) is 5.82 Å². The molecule has 8 heteroatoms.